The van der Waals surface area contributed by atoms with Crippen molar-refractivity contribution < 1.29 is 53.6 Å². The Morgan fingerprint density at radius 2 is 1.11 bits per heavy atom. The monoisotopic (exact) mass is 672 g/mol. The summed E-state index contributed by atoms with van der Waals surface area (Å²) in [7, 11) is 1.55. The molecule has 272 valence electrons. The molecule has 5 N–H and O–H groups in total. The number of carbonyl (C=O) groups excluding carboxylic acids is 3. The molecule has 0 unspecified atom stereocenters. The fourth-order valence-electron chi connectivity index (χ4n) is 5.10. The highest BCUT2D eigenvalue weighted by Crippen LogP contribution is 2.16. The van der Waals surface area contributed by atoms with Crippen molar-refractivity contribution >= 4 is 35.5 Å². The lowest BCUT2D eigenvalue weighted by Gasteiger charge is -2.15. The van der Waals surface area contributed by atoms with E-state index in [1.807, 2.05) is 0 Å². The fourth-order valence-corrected chi connectivity index (χ4v) is 5.10. The largest absolute Gasteiger partial charge is 0.481 e. The third-order valence-corrected chi connectivity index (χ3v) is 7.93. The Morgan fingerprint density at radius 3 is 1.60 bits per heavy atom. The summed E-state index contributed by atoms with van der Waals surface area (Å²) in [5.41, 5.74) is 0. The second-order valence-corrected chi connectivity index (χ2v) is 12.1. The number of Topliss-reactive ketones (excluding diaryl/α,β-unsaturated/α-hetero) is 1. The van der Waals surface area contributed by atoms with Crippen molar-refractivity contribution in [2.24, 2.45) is 5.92 Å². The lowest BCUT2D eigenvalue weighted by Crippen LogP contribution is -2.41. The summed E-state index contributed by atoms with van der Waals surface area (Å²) < 4.78 is 10.1. The number of methoxy groups -OCH3 is 1. The first-order chi connectivity index (χ1) is 22.6. The van der Waals surface area contributed by atoms with Crippen LogP contribution in [0.2, 0.25) is 0 Å². The van der Waals surface area contributed by atoms with Gasteiger partial charge in [0.2, 0.25) is 11.8 Å². The summed E-state index contributed by atoms with van der Waals surface area (Å²) in [6.07, 6.45) is 14.6. The van der Waals surface area contributed by atoms with Gasteiger partial charge in [-0.25, -0.2) is 4.79 Å². The van der Waals surface area contributed by atoms with Crippen LogP contribution in [0.1, 0.15) is 135 Å². The lowest BCUT2D eigenvalue weighted by molar-refractivity contribution is -0.145. The number of unbranched alkanes of at least 4 members (excludes halogenated alkanes) is 13. The van der Waals surface area contributed by atoms with E-state index in [9.17, 15) is 39.0 Å². The zero-order valence-electron chi connectivity index (χ0n) is 28.4. The van der Waals surface area contributed by atoms with E-state index in [4.69, 9.17) is 14.6 Å². The van der Waals surface area contributed by atoms with Gasteiger partial charge in [0.05, 0.1) is 25.7 Å². The van der Waals surface area contributed by atoms with Gasteiger partial charge >= 0.3 is 17.9 Å². The van der Waals surface area contributed by atoms with Gasteiger partial charge in [0.1, 0.15) is 11.8 Å². The summed E-state index contributed by atoms with van der Waals surface area (Å²) >= 11 is 0. The number of ketones is 1. The molecule has 0 aliphatic rings. The number of carbonyl (C=O) groups is 6. The summed E-state index contributed by atoms with van der Waals surface area (Å²) in [6, 6.07) is -1.23. The maximum Gasteiger partial charge on any atom is 0.326 e. The Hall–Kier alpha value is -3.06. The van der Waals surface area contributed by atoms with Crippen LogP contribution in [0.5, 0.6) is 0 Å². The minimum absolute atomic E-state index is 0.0313. The maximum absolute atomic E-state index is 12.4. The molecule has 0 aliphatic heterocycles. The quantitative estimate of drug-likeness (QED) is 0.0582. The third kappa shape index (κ3) is 28.9. The SMILES string of the molecule is COCCOCCNC(=O)CC[C@H](CC(=O)CC[C@H](NC(=O)CCCCCCCCCCCCCCCCC(=O)O)C(=O)O)C(=O)O. The first-order valence-corrected chi connectivity index (χ1v) is 17.4. The molecule has 2 amide bonds. The van der Waals surface area contributed by atoms with Crippen LogP contribution in [0.25, 0.3) is 0 Å². The highest BCUT2D eigenvalue weighted by atomic mass is 16.5. The van der Waals surface area contributed by atoms with Gasteiger partial charge in [0.15, 0.2) is 0 Å². The third-order valence-electron chi connectivity index (χ3n) is 7.93. The number of hydrogen-bond donors (Lipinski definition) is 5. The van der Waals surface area contributed by atoms with Crippen molar-refractivity contribution in [2.75, 3.05) is 33.5 Å². The van der Waals surface area contributed by atoms with Gasteiger partial charge in [0, 0.05) is 45.8 Å². The van der Waals surface area contributed by atoms with Gasteiger partial charge in [-0.2, -0.15) is 0 Å². The predicted octanol–water partition coefficient (Wildman–Crippen LogP) is 4.88. The summed E-state index contributed by atoms with van der Waals surface area (Å²) in [5.74, 6) is -5.41. The molecule has 0 saturated carbocycles. The molecule has 13 nitrogen and oxygen atoms in total. The zero-order chi connectivity index (χ0) is 35.1. The molecule has 0 aromatic heterocycles. The van der Waals surface area contributed by atoms with Crippen LogP contribution >= 0.6 is 0 Å². The second-order valence-electron chi connectivity index (χ2n) is 12.1. The van der Waals surface area contributed by atoms with Gasteiger partial charge < -0.3 is 35.4 Å². The molecular weight excluding hydrogens is 612 g/mol. The summed E-state index contributed by atoms with van der Waals surface area (Å²) in [4.78, 5) is 70.5. The maximum atomic E-state index is 12.4. The molecule has 2 atom stereocenters. The normalized spacial score (nSPS) is 12.3. The van der Waals surface area contributed by atoms with Crippen LogP contribution in [0.4, 0.5) is 0 Å². The smallest absolute Gasteiger partial charge is 0.326 e. The van der Waals surface area contributed by atoms with E-state index in [2.05, 4.69) is 10.6 Å². The van der Waals surface area contributed by atoms with Gasteiger partial charge in [0.25, 0.3) is 0 Å². The molecule has 0 aromatic rings. The Morgan fingerprint density at radius 1 is 0.574 bits per heavy atom. The molecule has 0 spiro atoms. The number of hydrogen-bond acceptors (Lipinski definition) is 8. The van der Waals surface area contributed by atoms with Crippen molar-refractivity contribution in [1.82, 2.24) is 10.6 Å². The van der Waals surface area contributed by atoms with Gasteiger partial charge in [-0.3, -0.25) is 24.0 Å². The van der Waals surface area contributed by atoms with E-state index in [0.717, 1.165) is 44.9 Å². The van der Waals surface area contributed by atoms with E-state index >= 15 is 0 Å². The minimum atomic E-state index is -1.25. The lowest BCUT2D eigenvalue weighted by atomic mass is 9.94. The van der Waals surface area contributed by atoms with Crippen LogP contribution in [0.15, 0.2) is 0 Å². The van der Waals surface area contributed by atoms with Crippen molar-refractivity contribution in [3.05, 3.63) is 0 Å². The standard InChI is InChI=1S/C34H60N2O11/c1-46-24-25-47-23-22-35-30(38)21-18-27(33(42)43)26-28(37)19-20-29(34(44)45)36-31(39)16-14-12-10-8-6-4-2-3-5-7-9-11-13-15-17-32(40)41/h27,29H,2-26H2,1H3,(H,35,38)(H,36,39)(H,40,41)(H,42,43)(H,44,45)/t27-,29+/m1/s1. The van der Waals surface area contributed by atoms with Gasteiger partial charge in [-0.15, -0.1) is 0 Å². The highest BCUT2D eigenvalue weighted by Gasteiger charge is 2.25. The molecule has 0 fully saturated rings. The van der Waals surface area contributed by atoms with E-state index in [1.165, 1.54) is 38.5 Å². The van der Waals surface area contributed by atoms with Crippen molar-refractivity contribution in [3.8, 4) is 0 Å². The second kappa shape index (κ2) is 30.3. The average molecular weight is 673 g/mol. The predicted molar refractivity (Wildman–Crippen MR) is 176 cm³/mol. The van der Waals surface area contributed by atoms with Crippen molar-refractivity contribution in [3.63, 3.8) is 0 Å². The summed E-state index contributed by atoms with van der Waals surface area (Å²) in [6.45, 7) is 1.40. The van der Waals surface area contributed by atoms with E-state index in [-0.39, 0.29) is 63.3 Å². The van der Waals surface area contributed by atoms with E-state index in [1.54, 1.807) is 7.11 Å². The molecular formula is C34H60N2O11. The molecule has 0 rings (SSSR count). The van der Waals surface area contributed by atoms with Gasteiger partial charge in [-0.1, -0.05) is 77.0 Å². The molecule has 0 saturated heterocycles. The summed E-state index contributed by atoms with van der Waals surface area (Å²) in [5, 5.41) is 32.7. The average Bonchev–Trinajstić information content (AvgIpc) is 3.02. The number of aliphatic carboxylic acids is 3. The Balaban J connectivity index is 4.02. The minimum Gasteiger partial charge on any atom is -0.481 e. The number of ether oxygens (including phenoxy) is 2. The van der Waals surface area contributed by atoms with Crippen molar-refractivity contribution in [2.45, 2.75) is 141 Å². The van der Waals surface area contributed by atoms with E-state index < -0.39 is 35.7 Å². The van der Waals surface area contributed by atoms with Crippen LogP contribution in [0.3, 0.4) is 0 Å². The molecule has 0 aromatic carbocycles. The fraction of sp³-hybridized carbons (Fsp3) is 0.824. The number of carboxylic acid groups (broad SMARTS) is 3. The molecule has 0 heterocycles. The van der Waals surface area contributed by atoms with Gasteiger partial charge in [-0.05, 0) is 25.7 Å². The van der Waals surface area contributed by atoms with Crippen LogP contribution in [-0.4, -0.2) is 90.3 Å². The highest BCUT2D eigenvalue weighted by molar-refractivity contribution is 5.86. The molecule has 0 aliphatic carbocycles. The number of carboxylic acids is 3. The number of amides is 2. The molecule has 0 bridgehead atoms. The van der Waals surface area contributed by atoms with Crippen molar-refractivity contribution in [1.29, 1.82) is 0 Å². The number of nitrogens with one attached hydrogen (secondary N) is 2. The molecule has 47 heavy (non-hydrogen) atoms. The Labute approximate surface area is 279 Å². The van der Waals surface area contributed by atoms with Crippen LogP contribution in [-0.2, 0) is 38.2 Å². The van der Waals surface area contributed by atoms with Crippen LogP contribution in [0, 0.1) is 5.92 Å². The van der Waals surface area contributed by atoms with E-state index in [0.29, 0.717) is 26.2 Å². The molecule has 13 heteroatoms. The number of rotatable bonds is 34. The zero-order valence-corrected chi connectivity index (χ0v) is 28.4. The first-order valence-electron chi connectivity index (χ1n) is 17.4. The topological polar surface area (TPSA) is 206 Å². The molecule has 0 radical (unpaired) electrons. The Bertz CT molecular complexity index is 897. The first kappa shape index (κ1) is 43.9. The van der Waals surface area contributed by atoms with Crippen LogP contribution < -0.4 is 10.6 Å². The Kier molecular flexibility index (Phi) is 28.3.